The number of fused-ring (bicyclic) bond motifs is 6. The van der Waals surface area contributed by atoms with Crippen LogP contribution in [0.25, 0.3) is 77.2 Å². The van der Waals surface area contributed by atoms with Crippen molar-refractivity contribution in [2.45, 2.75) is 0 Å². The van der Waals surface area contributed by atoms with Gasteiger partial charge in [0.15, 0.2) is 0 Å². The molecule has 0 aliphatic rings. The fraction of sp³-hybridized carbons (Fsp3) is 0. The lowest BCUT2D eigenvalue weighted by atomic mass is 9.89. The molecule has 0 saturated carbocycles. The minimum atomic E-state index is 0.530. The molecule has 2 aromatic heterocycles. The van der Waals surface area contributed by atoms with Crippen LogP contribution in [0.1, 0.15) is 11.1 Å². The minimum Gasteiger partial charge on any atom is -0.212 e. The third-order valence-electron chi connectivity index (χ3n) is 8.90. The first-order chi connectivity index (χ1) is 23.8. The smallest absolute Gasteiger partial charge is 0.123 e. The third-order valence-corrected chi connectivity index (χ3v) is 8.90. The Hall–Kier alpha value is -7.16. The first-order valence-electron chi connectivity index (χ1n) is 15.4. The largest absolute Gasteiger partial charge is 0.212 e. The van der Waals surface area contributed by atoms with Gasteiger partial charge in [-0.2, -0.15) is 10.5 Å². The van der Waals surface area contributed by atoms with Crippen molar-refractivity contribution < 1.29 is 0 Å². The van der Waals surface area contributed by atoms with Gasteiger partial charge in [0.25, 0.3) is 0 Å². The van der Waals surface area contributed by atoms with E-state index >= 15 is 0 Å². The molecule has 48 heavy (non-hydrogen) atoms. The average molecular weight is 615 g/mol. The van der Waals surface area contributed by atoms with E-state index in [2.05, 4.69) is 32.8 Å². The SMILES string of the molecule is N#Cc1c(-c2ccc(-c3c(C#N)c4ccccc4c4c3nnn4-c3ccccc3)cc2)c2nnn(-c3ccccc3)c2c2ccccc12. The van der Waals surface area contributed by atoms with Crippen LogP contribution < -0.4 is 0 Å². The van der Waals surface area contributed by atoms with Gasteiger partial charge >= 0.3 is 0 Å². The van der Waals surface area contributed by atoms with Gasteiger partial charge in [-0.15, -0.1) is 10.2 Å². The average Bonchev–Trinajstić information content (AvgIpc) is 3.81. The highest BCUT2D eigenvalue weighted by atomic mass is 15.4. The summed E-state index contributed by atoms with van der Waals surface area (Å²) in [4.78, 5) is 0. The van der Waals surface area contributed by atoms with Gasteiger partial charge in [-0.05, 0) is 35.4 Å². The van der Waals surface area contributed by atoms with Crippen molar-refractivity contribution in [3.05, 3.63) is 145 Å². The van der Waals surface area contributed by atoms with Crippen molar-refractivity contribution in [2.24, 2.45) is 0 Å². The number of hydrogen-bond donors (Lipinski definition) is 0. The number of nitriles is 2. The Morgan fingerprint density at radius 2 is 0.771 bits per heavy atom. The monoisotopic (exact) mass is 614 g/mol. The first-order valence-corrected chi connectivity index (χ1v) is 15.4. The van der Waals surface area contributed by atoms with Gasteiger partial charge < -0.3 is 0 Å². The normalized spacial score (nSPS) is 11.3. The Morgan fingerprint density at radius 1 is 0.417 bits per heavy atom. The maximum absolute atomic E-state index is 10.5. The molecule has 0 saturated heterocycles. The molecule has 0 spiro atoms. The maximum Gasteiger partial charge on any atom is 0.123 e. The lowest BCUT2D eigenvalue weighted by molar-refractivity contribution is 0.825. The molecule has 0 bridgehead atoms. The van der Waals surface area contributed by atoms with Gasteiger partial charge in [0, 0.05) is 32.7 Å². The maximum atomic E-state index is 10.5. The Bertz CT molecular complexity index is 2590. The molecule has 2 heterocycles. The zero-order valence-corrected chi connectivity index (χ0v) is 25.3. The summed E-state index contributed by atoms with van der Waals surface area (Å²) in [7, 11) is 0. The minimum absolute atomic E-state index is 0.530. The molecule has 0 unspecified atom stereocenters. The van der Waals surface area contributed by atoms with Gasteiger partial charge in [0.1, 0.15) is 34.2 Å². The highest BCUT2D eigenvalue weighted by Crippen LogP contribution is 2.42. The van der Waals surface area contributed by atoms with E-state index in [4.69, 9.17) is 0 Å². The van der Waals surface area contributed by atoms with Crippen molar-refractivity contribution >= 4 is 43.6 Å². The van der Waals surface area contributed by atoms with E-state index in [0.29, 0.717) is 33.3 Å². The van der Waals surface area contributed by atoms with E-state index in [0.717, 1.165) is 55.1 Å². The van der Waals surface area contributed by atoms with Crippen LogP contribution in [0.15, 0.2) is 133 Å². The molecule has 9 aromatic rings. The van der Waals surface area contributed by atoms with Crippen LogP contribution in [0.5, 0.6) is 0 Å². The van der Waals surface area contributed by atoms with Crippen molar-refractivity contribution in [1.29, 1.82) is 10.5 Å². The second-order valence-electron chi connectivity index (χ2n) is 11.5. The molecule has 222 valence electrons. The van der Waals surface area contributed by atoms with E-state index in [1.807, 2.05) is 143 Å². The topological polar surface area (TPSA) is 109 Å². The van der Waals surface area contributed by atoms with Crippen LogP contribution in [0, 0.1) is 22.7 Å². The molecule has 0 atom stereocenters. The molecule has 0 fully saturated rings. The van der Waals surface area contributed by atoms with Crippen LogP contribution >= 0.6 is 0 Å². The summed E-state index contributed by atoms with van der Waals surface area (Å²) in [5.41, 5.74) is 8.79. The zero-order chi connectivity index (χ0) is 32.2. The second kappa shape index (κ2) is 10.7. The lowest BCUT2D eigenvalue weighted by Crippen LogP contribution is -1.98. The van der Waals surface area contributed by atoms with Crippen molar-refractivity contribution in [1.82, 2.24) is 30.0 Å². The van der Waals surface area contributed by atoms with Crippen LogP contribution in [-0.4, -0.2) is 30.0 Å². The number of rotatable bonds is 4. The van der Waals surface area contributed by atoms with Crippen LogP contribution in [0.2, 0.25) is 0 Å². The molecule has 0 N–H and O–H groups in total. The number of benzene rings is 7. The Kier molecular flexibility index (Phi) is 6.07. The highest BCUT2D eigenvalue weighted by molar-refractivity contribution is 6.16. The van der Waals surface area contributed by atoms with Crippen LogP contribution in [0.3, 0.4) is 0 Å². The summed E-state index contributed by atoms with van der Waals surface area (Å²) < 4.78 is 3.66. The van der Waals surface area contributed by atoms with Crippen molar-refractivity contribution in [2.75, 3.05) is 0 Å². The summed E-state index contributed by atoms with van der Waals surface area (Å²) in [6, 6.07) is 48.3. The first kappa shape index (κ1) is 27.2. The predicted molar refractivity (Wildman–Crippen MR) is 187 cm³/mol. The molecule has 0 amide bonds. The predicted octanol–water partition coefficient (Wildman–Crippen LogP) is 8.54. The summed E-state index contributed by atoms with van der Waals surface area (Å²) >= 11 is 0. The number of para-hydroxylation sites is 2. The molecule has 7 aromatic carbocycles. The fourth-order valence-corrected chi connectivity index (χ4v) is 6.80. The molecule has 0 aliphatic carbocycles. The molecule has 9 rings (SSSR count). The highest BCUT2D eigenvalue weighted by Gasteiger charge is 2.24. The number of aromatic nitrogens is 6. The molecule has 8 heteroatoms. The lowest BCUT2D eigenvalue weighted by Gasteiger charge is -2.14. The number of hydrogen-bond acceptors (Lipinski definition) is 6. The Morgan fingerprint density at radius 3 is 1.15 bits per heavy atom. The second-order valence-corrected chi connectivity index (χ2v) is 11.5. The molecule has 0 aliphatic heterocycles. The molecule has 0 radical (unpaired) electrons. The van der Waals surface area contributed by atoms with Gasteiger partial charge in [-0.3, -0.25) is 0 Å². The van der Waals surface area contributed by atoms with Gasteiger partial charge in [0.2, 0.25) is 0 Å². The zero-order valence-electron chi connectivity index (χ0n) is 25.3. The Labute approximate surface area is 273 Å². The quantitative estimate of drug-likeness (QED) is 0.197. The van der Waals surface area contributed by atoms with E-state index in [9.17, 15) is 10.5 Å². The van der Waals surface area contributed by atoms with Gasteiger partial charge in [0.05, 0.1) is 22.5 Å². The summed E-state index contributed by atoms with van der Waals surface area (Å²) in [6.07, 6.45) is 0. The standard InChI is InChI=1S/C40H22N8/c41-23-33-29-15-7-9-17-31(29)39-37(43-45-47(39)27-11-3-1-4-12-27)35(33)25-19-21-26(22-20-25)36-34(24-42)30-16-8-10-18-32(30)40-38(36)44-46-48(40)28-13-5-2-6-14-28/h1-22H. The van der Waals surface area contributed by atoms with E-state index in [1.165, 1.54) is 0 Å². The Balaban J connectivity index is 1.29. The van der Waals surface area contributed by atoms with E-state index < -0.39 is 0 Å². The van der Waals surface area contributed by atoms with Gasteiger partial charge in [-0.25, -0.2) is 9.36 Å². The fourth-order valence-electron chi connectivity index (χ4n) is 6.80. The summed E-state index contributed by atoms with van der Waals surface area (Å²) in [6.45, 7) is 0. The molecular weight excluding hydrogens is 592 g/mol. The molecular formula is C40H22N8. The van der Waals surface area contributed by atoms with Gasteiger partial charge in [-0.1, -0.05) is 120 Å². The van der Waals surface area contributed by atoms with Crippen molar-refractivity contribution in [3.63, 3.8) is 0 Å². The summed E-state index contributed by atoms with van der Waals surface area (Å²) in [5.74, 6) is 0. The van der Waals surface area contributed by atoms with Crippen LogP contribution in [0.4, 0.5) is 0 Å². The van der Waals surface area contributed by atoms with Crippen LogP contribution in [-0.2, 0) is 0 Å². The van der Waals surface area contributed by atoms with E-state index in [-0.39, 0.29) is 0 Å². The number of nitrogens with zero attached hydrogens (tertiary/aromatic N) is 8. The summed E-state index contributed by atoms with van der Waals surface area (Å²) in [5, 5.41) is 42.9. The third kappa shape index (κ3) is 3.94. The van der Waals surface area contributed by atoms with Crippen molar-refractivity contribution in [3.8, 4) is 45.8 Å². The van der Waals surface area contributed by atoms with E-state index in [1.54, 1.807) is 0 Å². The molecule has 8 nitrogen and oxygen atoms in total.